The zero-order valence-corrected chi connectivity index (χ0v) is 17.2. The van der Waals surface area contributed by atoms with Crippen LogP contribution in [0.15, 0.2) is 41.6 Å². The molecular weight excluding hydrogens is 378 g/mol. The second kappa shape index (κ2) is 8.98. The Kier molecular flexibility index (Phi) is 6.64. The summed E-state index contributed by atoms with van der Waals surface area (Å²) in [7, 11) is -2.35. The van der Waals surface area contributed by atoms with Gasteiger partial charge in [0.25, 0.3) is 0 Å². The maximum absolute atomic E-state index is 13.4. The summed E-state index contributed by atoms with van der Waals surface area (Å²) in [5.41, 5.74) is 0. The summed E-state index contributed by atoms with van der Waals surface area (Å²) in [6.07, 6.45) is 5.11. The Labute approximate surface area is 166 Å². The molecular formula is C20H27N3O4S. The molecule has 1 aromatic carbocycles. The van der Waals surface area contributed by atoms with Gasteiger partial charge < -0.3 is 9.64 Å². The molecule has 1 saturated heterocycles. The molecule has 0 aliphatic carbocycles. The topological polar surface area (TPSA) is 79.8 Å². The Morgan fingerprint density at radius 1 is 1.29 bits per heavy atom. The average molecular weight is 406 g/mol. The van der Waals surface area contributed by atoms with Crippen LogP contribution in [0.5, 0.6) is 0 Å². The molecule has 2 aromatic rings. The summed E-state index contributed by atoms with van der Waals surface area (Å²) in [4.78, 5) is 18.8. The van der Waals surface area contributed by atoms with Gasteiger partial charge in [-0.05, 0) is 30.9 Å². The van der Waals surface area contributed by atoms with Crippen molar-refractivity contribution >= 4 is 26.7 Å². The number of carbonyl (C=O) groups is 1. The third kappa shape index (κ3) is 4.51. The Hall–Kier alpha value is -2.03. The average Bonchev–Trinajstić information content (AvgIpc) is 2.70. The zero-order valence-electron chi connectivity index (χ0n) is 16.4. The summed E-state index contributed by atoms with van der Waals surface area (Å²) < 4.78 is 33.1. The Morgan fingerprint density at radius 3 is 2.75 bits per heavy atom. The van der Waals surface area contributed by atoms with Gasteiger partial charge in [0.1, 0.15) is 0 Å². The lowest BCUT2D eigenvalue weighted by atomic mass is 9.99. The normalized spacial score (nSPS) is 16.0. The first-order valence-corrected chi connectivity index (χ1v) is 11.0. The Morgan fingerprint density at radius 2 is 2.04 bits per heavy atom. The second-order valence-corrected chi connectivity index (χ2v) is 9.15. The minimum atomic E-state index is -3.87. The van der Waals surface area contributed by atoms with E-state index >= 15 is 0 Å². The van der Waals surface area contributed by atoms with Crippen molar-refractivity contribution in [3.63, 3.8) is 0 Å². The number of fused-ring (bicyclic) bond motifs is 1. The van der Waals surface area contributed by atoms with Gasteiger partial charge in [0.05, 0.1) is 18.0 Å². The number of piperidine rings is 1. The van der Waals surface area contributed by atoms with Gasteiger partial charge in [-0.25, -0.2) is 8.42 Å². The standard InChI is InChI=1S/C20H27N3O4S/c1-16-7-10-22(11-8-16)20(24)15-23(12-13-27-2)28(25,26)19-5-3-4-17-14-21-9-6-18(17)19/h3-6,9,14,16H,7-8,10-13,15H2,1-2H3. The predicted octanol–water partition coefficient (Wildman–Crippen LogP) is 2.13. The third-order valence-corrected chi connectivity index (χ3v) is 7.15. The van der Waals surface area contributed by atoms with E-state index in [0.29, 0.717) is 24.4 Å². The van der Waals surface area contributed by atoms with Gasteiger partial charge in [0.15, 0.2) is 0 Å². The van der Waals surface area contributed by atoms with Crippen molar-refractivity contribution in [3.05, 3.63) is 36.7 Å². The Balaban J connectivity index is 1.88. The summed E-state index contributed by atoms with van der Waals surface area (Å²) in [6, 6.07) is 6.77. The van der Waals surface area contributed by atoms with Crippen LogP contribution in [0.4, 0.5) is 0 Å². The molecule has 1 fully saturated rings. The second-order valence-electron chi connectivity index (χ2n) is 7.25. The maximum atomic E-state index is 13.4. The lowest BCUT2D eigenvalue weighted by molar-refractivity contribution is -0.132. The van der Waals surface area contributed by atoms with E-state index in [0.717, 1.165) is 18.2 Å². The smallest absolute Gasteiger partial charge is 0.244 e. The van der Waals surface area contributed by atoms with Gasteiger partial charge >= 0.3 is 0 Å². The van der Waals surface area contributed by atoms with Crippen LogP contribution < -0.4 is 0 Å². The molecule has 0 N–H and O–H groups in total. The van der Waals surface area contributed by atoms with E-state index in [2.05, 4.69) is 11.9 Å². The molecule has 0 bridgehead atoms. The van der Waals surface area contributed by atoms with E-state index in [1.54, 1.807) is 35.5 Å². The van der Waals surface area contributed by atoms with Crippen LogP contribution in [0.2, 0.25) is 0 Å². The summed E-state index contributed by atoms with van der Waals surface area (Å²) in [5, 5.41) is 1.34. The number of pyridine rings is 1. The largest absolute Gasteiger partial charge is 0.383 e. The molecule has 0 spiro atoms. The SMILES string of the molecule is COCCN(CC(=O)N1CCC(C)CC1)S(=O)(=O)c1cccc2cnccc12. The molecule has 2 heterocycles. The number of benzene rings is 1. The van der Waals surface area contributed by atoms with Gasteiger partial charge in [-0.1, -0.05) is 19.1 Å². The Bertz CT molecular complexity index is 919. The van der Waals surface area contributed by atoms with Crippen molar-refractivity contribution in [2.45, 2.75) is 24.7 Å². The fourth-order valence-corrected chi connectivity index (χ4v) is 5.03. The number of aromatic nitrogens is 1. The number of amides is 1. The molecule has 1 aromatic heterocycles. The van der Waals surface area contributed by atoms with Crippen molar-refractivity contribution in [1.82, 2.24) is 14.2 Å². The van der Waals surface area contributed by atoms with Crippen molar-refractivity contribution in [1.29, 1.82) is 0 Å². The molecule has 0 atom stereocenters. The first-order chi connectivity index (χ1) is 13.4. The highest BCUT2D eigenvalue weighted by Gasteiger charge is 2.30. The summed E-state index contributed by atoms with van der Waals surface area (Å²) in [6.45, 7) is 3.69. The fraction of sp³-hybridized carbons (Fsp3) is 0.500. The first-order valence-electron chi connectivity index (χ1n) is 9.53. The number of likely N-dealkylation sites (tertiary alicyclic amines) is 1. The van der Waals surface area contributed by atoms with Crippen molar-refractivity contribution in [2.75, 3.05) is 39.9 Å². The third-order valence-electron chi connectivity index (χ3n) is 5.25. The van der Waals surface area contributed by atoms with Crippen molar-refractivity contribution < 1.29 is 17.9 Å². The zero-order chi connectivity index (χ0) is 20.1. The number of ether oxygens (including phenoxy) is 1. The van der Waals surface area contributed by atoms with E-state index in [1.807, 2.05) is 6.07 Å². The fourth-order valence-electron chi connectivity index (χ4n) is 3.44. The van der Waals surface area contributed by atoms with E-state index in [-0.39, 0.29) is 30.5 Å². The molecule has 152 valence electrons. The monoisotopic (exact) mass is 405 g/mol. The molecule has 1 aliphatic heterocycles. The number of nitrogens with zero attached hydrogens (tertiary/aromatic N) is 3. The number of hydrogen-bond donors (Lipinski definition) is 0. The van der Waals surface area contributed by atoms with Crippen LogP contribution in [0, 0.1) is 5.92 Å². The predicted molar refractivity (Wildman–Crippen MR) is 107 cm³/mol. The molecule has 1 amide bonds. The molecule has 28 heavy (non-hydrogen) atoms. The van der Waals surface area contributed by atoms with Gasteiger partial charge in [-0.3, -0.25) is 9.78 Å². The van der Waals surface area contributed by atoms with Crippen LogP contribution in [-0.2, 0) is 19.6 Å². The van der Waals surface area contributed by atoms with Crippen LogP contribution in [0.25, 0.3) is 10.8 Å². The first kappa shape index (κ1) is 20.7. The number of sulfonamides is 1. The molecule has 7 nitrogen and oxygen atoms in total. The summed E-state index contributed by atoms with van der Waals surface area (Å²) in [5.74, 6) is 0.440. The van der Waals surface area contributed by atoms with E-state index < -0.39 is 10.0 Å². The number of rotatable bonds is 7. The number of hydrogen-bond acceptors (Lipinski definition) is 5. The van der Waals surface area contributed by atoms with E-state index in [4.69, 9.17) is 4.74 Å². The molecule has 1 aliphatic rings. The highest BCUT2D eigenvalue weighted by molar-refractivity contribution is 7.89. The summed E-state index contributed by atoms with van der Waals surface area (Å²) >= 11 is 0. The molecule has 0 unspecified atom stereocenters. The maximum Gasteiger partial charge on any atom is 0.244 e. The lowest BCUT2D eigenvalue weighted by Crippen LogP contribution is -2.46. The highest BCUT2D eigenvalue weighted by atomic mass is 32.2. The lowest BCUT2D eigenvalue weighted by Gasteiger charge is -2.32. The van der Waals surface area contributed by atoms with Crippen molar-refractivity contribution in [2.24, 2.45) is 5.92 Å². The van der Waals surface area contributed by atoms with Gasteiger partial charge in [0.2, 0.25) is 15.9 Å². The van der Waals surface area contributed by atoms with Crippen LogP contribution in [0.3, 0.4) is 0 Å². The van der Waals surface area contributed by atoms with Gasteiger partial charge in [-0.2, -0.15) is 4.31 Å². The molecule has 0 saturated carbocycles. The quantitative estimate of drug-likeness (QED) is 0.705. The van der Waals surface area contributed by atoms with Gasteiger partial charge in [-0.15, -0.1) is 0 Å². The van der Waals surface area contributed by atoms with E-state index in [1.165, 1.54) is 11.4 Å². The molecule has 8 heteroatoms. The minimum absolute atomic E-state index is 0.121. The van der Waals surface area contributed by atoms with Gasteiger partial charge in [0, 0.05) is 49.9 Å². The highest BCUT2D eigenvalue weighted by Crippen LogP contribution is 2.25. The number of methoxy groups -OCH3 is 1. The van der Waals surface area contributed by atoms with Crippen LogP contribution in [-0.4, -0.2) is 68.4 Å². The van der Waals surface area contributed by atoms with Crippen LogP contribution in [0.1, 0.15) is 19.8 Å². The number of carbonyl (C=O) groups excluding carboxylic acids is 1. The van der Waals surface area contributed by atoms with Crippen LogP contribution >= 0.6 is 0 Å². The van der Waals surface area contributed by atoms with Crippen molar-refractivity contribution in [3.8, 4) is 0 Å². The minimum Gasteiger partial charge on any atom is -0.383 e. The van der Waals surface area contributed by atoms with E-state index in [9.17, 15) is 13.2 Å². The molecule has 0 radical (unpaired) electrons. The molecule has 3 rings (SSSR count).